The summed E-state index contributed by atoms with van der Waals surface area (Å²) >= 11 is 0. The average molecular weight is 434 g/mol. The molecule has 6 rings (SSSR count). The minimum atomic E-state index is -0.626. The lowest BCUT2D eigenvalue weighted by Crippen LogP contribution is -2.48. The van der Waals surface area contributed by atoms with E-state index in [9.17, 15) is 9.50 Å². The molecule has 3 aliphatic carbocycles. The van der Waals surface area contributed by atoms with Crippen LogP contribution in [0.5, 0.6) is 0 Å². The summed E-state index contributed by atoms with van der Waals surface area (Å²) in [7, 11) is 2.14. The summed E-state index contributed by atoms with van der Waals surface area (Å²) in [6.07, 6.45) is 8.00. The summed E-state index contributed by atoms with van der Waals surface area (Å²) in [5.74, 6) is 1.40. The first-order valence-electron chi connectivity index (χ1n) is 11.8. The number of para-hydroxylation sites is 2. The maximum Gasteiger partial charge on any atom is 0.123 e. The molecule has 0 spiro atoms. The number of nitrogens with zero attached hydrogens (tertiary/aromatic N) is 2. The fraction of sp³-hybridized carbons (Fsp3) is 0.444. The van der Waals surface area contributed by atoms with Gasteiger partial charge in [0.05, 0.1) is 16.6 Å². The molecule has 168 valence electrons. The number of aliphatic hydroxyl groups is 1. The van der Waals surface area contributed by atoms with Gasteiger partial charge in [-0.2, -0.15) is 0 Å². The molecule has 5 heteroatoms. The predicted molar refractivity (Wildman–Crippen MR) is 127 cm³/mol. The van der Waals surface area contributed by atoms with Gasteiger partial charge in [-0.25, -0.2) is 9.37 Å². The Kier molecular flexibility index (Phi) is 5.87. The molecule has 1 fully saturated rings. The van der Waals surface area contributed by atoms with Crippen LogP contribution in [-0.2, 0) is 6.42 Å². The number of aromatic nitrogens is 2. The Morgan fingerprint density at radius 3 is 2.69 bits per heavy atom. The van der Waals surface area contributed by atoms with Gasteiger partial charge in [-0.15, -0.1) is 0 Å². The van der Waals surface area contributed by atoms with Crippen molar-refractivity contribution in [3.63, 3.8) is 0 Å². The van der Waals surface area contributed by atoms with Crippen molar-refractivity contribution in [1.82, 2.24) is 14.9 Å². The number of benzene rings is 2. The van der Waals surface area contributed by atoms with Crippen LogP contribution in [0.25, 0.3) is 16.6 Å². The highest BCUT2D eigenvalue weighted by molar-refractivity contribution is 5.74. The van der Waals surface area contributed by atoms with Crippen LogP contribution in [0.15, 0.2) is 54.6 Å². The normalized spacial score (nSPS) is 24.9. The Morgan fingerprint density at radius 2 is 1.94 bits per heavy atom. The number of aromatic amines is 1. The number of hydrogen-bond acceptors (Lipinski definition) is 3. The largest absolute Gasteiger partial charge is 0.389 e. The Morgan fingerprint density at radius 1 is 1.12 bits per heavy atom. The summed E-state index contributed by atoms with van der Waals surface area (Å²) in [4.78, 5) is 10.4. The molecule has 3 aliphatic rings. The summed E-state index contributed by atoms with van der Waals surface area (Å²) in [6.45, 7) is 1.87. The van der Waals surface area contributed by atoms with E-state index in [0.29, 0.717) is 5.92 Å². The molecular weight excluding hydrogens is 401 g/mol. The minimum absolute atomic E-state index is 0.191. The van der Waals surface area contributed by atoms with Crippen LogP contribution in [0.3, 0.4) is 0 Å². The zero-order valence-corrected chi connectivity index (χ0v) is 18.7. The zero-order chi connectivity index (χ0) is 22.1. The highest BCUT2D eigenvalue weighted by Crippen LogP contribution is 2.51. The topological polar surface area (TPSA) is 52.2 Å². The van der Waals surface area contributed by atoms with Gasteiger partial charge in [0.25, 0.3) is 0 Å². The van der Waals surface area contributed by atoms with Crippen LogP contribution >= 0.6 is 0 Å². The standard InChI is InChI=1S/C27H32FN3O/c1-31(15-4-7-26-29-24-5-2-3-6-25(24)30-26)16-14-27(32)18-20-8-11-21(27)17-23(20)19-9-12-22(28)13-10-19/h2-3,5-6,9-10,12-13,17,20-21,32H,4,7-8,11,14-16,18H2,1H3,(H,29,30)/t20-,21-,27+/m0/s1. The number of imidazole rings is 1. The number of hydrogen-bond donors (Lipinski definition) is 2. The Labute approximate surface area is 189 Å². The maximum absolute atomic E-state index is 13.3. The van der Waals surface area contributed by atoms with Crippen molar-refractivity contribution in [2.75, 3.05) is 20.1 Å². The molecule has 3 aromatic rings. The lowest BCUT2D eigenvalue weighted by atomic mass is 9.61. The van der Waals surface area contributed by atoms with Gasteiger partial charge in [-0.3, -0.25) is 0 Å². The van der Waals surface area contributed by atoms with Crippen molar-refractivity contribution in [2.24, 2.45) is 11.8 Å². The lowest BCUT2D eigenvalue weighted by molar-refractivity contribution is -0.0574. The molecule has 0 amide bonds. The lowest BCUT2D eigenvalue weighted by Gasteiger charge is -2.48. The van der Waals surface area contributed by atoms with E-state index in [4.69, 9.17) is 0 Å². The van der Waals surface area contributed by atoms with E-state index < -0.39 is 5.60 Å². The van der Waals surface area contributed by atoms with Gasteiger partial charge in [-0.05, 0) is 87.0 Å². The van der Waals surface area contributed by atoms with E-state index in [-0.39, 0.29) is 11.7 Å². The van der Waals surface area contributed by atoms with Gasteiger partial charge >= 0.3 is 0 Å². The summed E-state index contributed by atoms with van der Waals surface area (Å²) in [5.41, 5.74) is 3.90. The Bertz CT molecular complexity index is 1070. The highest BCUT2D eigenvalue weighted by Gasteiger charge is 2.46. The molecular formula is C27H32FN3O. The first-order valence-corrected chi connectivity index (χ1v) is 11.8. The third-order valence-corrected chi connectivity index (χ3v) is 7.43. The van der Waals surface area contributed by atoms with E-state index in [1.807, 2.05) is 30.3 Å². The maximum atomic E-state index is 13.3. The van der Waals surface area contributed by atoms with Gasteiger partial charge in [-0.1, -0.05) is 30.3 Å². The van der Waals surface area contributed by atoms with Gasteiger partial charge in [0, 0.05) is 18.9 Å². The van der Waals surface area contributed by atoms with Crippen LogP contribution in [-0.4, -0.2) is 45.7 Å². The zero-order valence-electron chi connectivity index (χ0n) is 18.7. The predicted octanol–water partition coefficient (Wildman–Crippen LogP) is 5.20. The van der Waals surface area contributed by atoms with E-state index in [1.54, 1.807) is 0 Å². The van der Waals surface area contributed by atoms with E-state index in [2.05, 4.69) is 34.1 Å². The van der Waals surface area contributed by atoms with Crippen LogP contribution in [0, 0.1) is 17.7 Å². The molecule has 1 aromatic heterocycles. The molecule has 2 N–H and O–H groups in total. The van der Waals surface area contributed by atoms with E-state index >= 15 is 0 Å². The number of halogens is 1. The minimum Gasteiger partial charge on any atom is -0.389 e. The van der Waals surface area contributed by atoms with Crippen molar-refractivity contribution >= 4 is 16.6 Å². The van der Waals surface area contributed by atoms with Crippen molar-refractivity contribution in [2.45, 2.75) is 44.1 Å². The van der Waals surface area contributed by atoms with Crippen LogP contribution in [0.2, 0.25) is 0 Å². The van der Waals surface area contributed by atoms with Crippen LogP contribution < -0.4 is 0 Å². The SMILES string of the molecule is CN(CCCc1nc2ccccc2[nH]1)CC[C@@]1(O)C[C@@H]2CC[C@H]1C=C2c1ccc(F)cc1. The fourth-order valence-corrected chi connectivity index (χ4v) is 5.58. The quantitative estimate of drug-likeness (QED) is 0.513. The molecule has 1 heterocycles. The summed E-state index contributed by atoms with van der Waals surface area (Å²) in [5, 5.41) is 11.5. The molecule has 32 heavy (non-hydrogen) atoms. The number of rotatable bonds is 8. The number of aryl methyl sites for hydroxylation is 1. The molecule has 3 atom stereocenters. The molecule has 2 aromatic carbocycles. The number of fused-ring (bicyclic) bond motifs is 3. The monoisotopic (exact) mass is 433 g/mol. The van der Waals surface area contributed by atoms with E-state index in [0.717, 1.165) is 74.0 Å². The van der Waals surface area contributed by atoms with Crippen molar-refractivity contribution < 1.29 is 9.50 Å². The number of nitrogens with one attached hydrogen (secondary N) is 1. The smallest absolute Gasteiger partial charge is 0.123 e. The molecule has 0 aliphatic heterocycles. The molecule has 1 saturated carbocycles. The fourth-order valence-electron chi connectivity index (χ4n) is 5.58. The second-order valence-corrected chi connectivity index (χ2v) is 9.67. The summed E-state index contributed by atoms with van der Waals surface area (Å²) < 4.78 is 13.3. The van der Waals surface area contributed by atoms with E-state index in [1.165, 1.54) is 17.7 Å². The molecule has 2 bridgehead atoms. The second-order valence-electron chi connectivity index (χ2n) is 9.67. The van der Waals surface area contributed by atoms with Crippen LogP contribution in [0.1, 0.15) is 43.5 Å². The third-order valence-electron chi connectivity index (χ3n) is 7.43. The van der Waals surface area contributed by atoms with Crippen molar-refractivity contribution in [3.05, 3.63) is 71.8 Å². The first-order chi connectivity index (χ1) is 15.5. The highest BCUT2D eigenvalue weighted by atomic mass is 19.1. The van der Waals surface area contributed by atoms with Crippen molar-refractivity contribution in [1.29, 1.82) is 0 Å². The first kappa shape index (κ1) is 21.4. The molecule has 0 saturated heterocycles. The van der Waals surface area contributed by atoms with Gasteiger partial charge < -0.3 is 15.0 Å². The number of allylic oxidation sites excluding steroid dienone is 1. The van der Waals surface area contributed by atoms with Gasteiger partial charge in [0.15, 0.2) is 0 Å². The number of H-pyrrole nitrogens is 1. The molecule has 4 nitrogen and oxygen atoms in total. The van der Waals surface area contributed by atoms with Crippen LogP contribution in [0.4, 0.5) is 4.39 Å². The molecule has 0 radical (unpaired) electrons. The van der Waals surface area contributed by atoms with Gasteiger partial charge in [0.1, 0.15) is 11.6 Å². The Balaban J connectivity index is 1.14. The van der Waals surface area contributed by atoms with Crippen molar-refractivity contribution in [3.8, 4) is 0 Å². The summed E-state index contributed by atoms with van der Waals surface area (Å²) in [6, 6.07) is 14.9. The third kappa shape index (κ3) is 4.37. The Hall–Kier alpha value is -2.50. The van der Waals surface area contributed by atoms with Gasteiger partial charge in [0.2, 0.25) is 0 Å². The average Bonchev–Trinajstić information content (AvgIpc) is 3.21. The molecule has 0 unspecified atom stereocenters. The second kappa shape index (κ2) is 8.80.